The number of amides is 4. The topological polar surface area (TPSA) is 90.5 Å². The van der Waals surface area contributed by atoms with Crippen LogP contribution in [0.5, 0.6) is 0 Å². The fourth-order valence-electron chi connectivity index (χ4n) is 3.14. The molecule has 1 heterocycles. The van der Waals surface area contributed by atoms with Gasteiger partial charge < -0.3 is 20.9 Å². The van der Waals surface area contributed by atoms with Gasteiger partial charge >= 0.3 is 6.03 Å². The van der Waals surface area contributed by atoms with Crippen molar-refractivity contribution >= 4 is 41.0 Å². The van der Waals surface area contributed by atoms with Crippen LogP contribution in [0.3, 0.4) is 0 Å². The van der Waals surface area contributed by atoms with Crippen molar-refractivity contribution in [3.8, 4) is 0 Å². The molecule has 0 bridgehead atoms. The van der Waals surface area contributed by atoms with E-state index < -0.39 is 17.9 Å². The van der Waals surface area contributed by atoms with E-state index in [0.717, 1.165) is 5.56 Å². The molecule has 1 aliphatic heterocycles. The SMILES string of the molecule is CC(NC(=O)NCc1ccc(C(=O)N2CCNC(=O)C2)cc1)c1cc(F)c(Cl)cc1Cl. The maximum atomic E-state index is 13.7. The largest absolute Gasteiger partial charge is 0.353 e. The van der Waals surface area contributed by atoms with Crippen molar-refractivity contribution in [3.63, 3.8) is 0 Å². The molecule has 7 nitrogen and oxygen atoms in total. The van der Waals surface area contributed by atoms with E-state index in [0.29, 0.717) is 24.2 Å². The van der Waals surface area contributed by atoms with E-state index in [2.05, 4.69) is 16.0 Å². The summed E-state index contributed by atoms with van der Waals surface area (Å²) >= 11 is 11.8. The van der Waals surface area contributed by atoms with Crippen molar-refractivity contribution < 1.29 is 18.8 Å². The maximum absolute atomic E-state index is 13.7. The first kappa shape index (κ1) is 22.8. The van der Waals surface area contributed by atoms with Gasteiger partial charge in [-0.1, -0.05) is 35.3 Å². The van der Waals surface area contributed by atoms with Crippen LogP contribution in [-0.4, -0.2) is 42.4 Å². The van der Waals surface area contributed by atoms with Crippen molar-refractivity contribution in [2.45, 2.75) is 19.5 Å². The number of carbonyl (C=O) groups excluding carboxylic acids is 3. The summed E-state index contributed by atoms with van der Waals surface area (Å²) in [5.74, 6) is -1.01. The molecule has 1 atom stereocenters. The molecule has 2 aromatic carbocycles. The Morgan fingerprint density at radius 1 is 1.19 bits per heavy atom. The molecule has 3 rings (SSSR count). The normalized spacial score (nSPS) is 14.6. The summed E-state index contributed by atoms with van der Waals surface area (Å²) < 4.78 is 13.7. The minimum absolute atomic E-state index is 0.0437. The summed E-state index contributed by atoms with van der Waals surface area (Å²) in [6.07, 6.45) is 0. The Hall–Kier alpha value is -2.84. The second-order valence-electron chi connectivity index (χ2n) is 7.11. The Bertz CT molecular complexity index is 1000. The number of benzene rings is 2. The van der Waals surface area contributed by atoms with Crippen molar-refractivity contribution in [1.82, 2.24) is 20.9 Å². The van der Waals surface area contributed by atoms with Crippen LogP contribution in [0.25, 0.3) is 0 Å². The Balaban J connectivity index is 1.53. The number of piperazine rings is 1. The summed E-state index contributed by atoms with van der Waals surface area (Å²) in [5, 5.41) is 8.23. The molecule has 0 aromatic heterocycles. The number of hydrogen-bond donors (Lipinski definition) is 3. The molecule has 4 amide bonds. The fourth-order valence-corrected chi connectivity index (χ4v) is 3.68. The highest BCUT2D eigenvalue weighted by Gasteiger charge is 2.22. The van der Waals surface area contributed by atoms with Crippen molar-refractivity contribution in [2.24, 2.45) is 0 Å². The average Bonchev–Trinajstić information content (AvgIpc) is 2.74. The van der Waals surface area contributed by atoms with Gasteiger partial charge in [-0.25, -0.2) is 9.18 Å². The highest BCUT2D eigenvalue weighted by molar-refractivity contribution is 6.35. The molecular formula is C21H21Cl2FN4O3. The molecular weight excluding hydrogens is 446 g/mol. The Labute approximate surface area is 188 Å². The van der Waals surface area contributed by atoms with Gasteiger partial charge in [0.2, 0.25) is 5.91 Å². The van der Waals surface area contributed by atoms with Gasteiger partial charge in [-0.15, -0.1) is 0 Å². The third kappa shape index (κ3) is 5.86. The predicted molar refractivity (Wildman–Crippen MR) is 116 cm³/mol. The second kappa shape index (κ2) is 9.98. The molecule has 0 saturated carbocycles. The fraction of sp³-hybridized carbons (Fsp3) is 0.286. The summed E-state index contributed by atoms with van der Waals surface area (Å²) in [6.45, 7) is 2.85. The smallest absolute Gasteiger partial charge is 0.315 e. The van der Waals surface area contributed by atoms with Gasteiger partial charge in [0.15, 0.2) is 0 Å². The van der Waals surface area contributed by atoms with Gasteiger partial charge in [0.25, 0.3) is 5.91 Å². The lowest BCUT2D eigenvalue weighted by atomic mass is 10.1. The van der Waals surface area contributed by atoms with Gasteiger partial charge in [-0.2, -0.15) is 0 Å². The van der Waals surface area contributed by atoms with Crippen LogP contribution in [-0.2, 0) is 11.3 Å². The molecule has 1 unspecified atom stereocenters. The van der Waals surface area contributed by atoms with Gasteiger partial charge in [-0.3, -0.25) is 9.59 Å². The molecule has 1 saturated heterocycles. The van der Waals surface area contributed by atoms with Crippen LogP contribution in [0.15, 0.2) is 36.4 Å². The summed E-state index contributed by atoms with van der Waals surface area (Å²) in [5.41, 5.74) is 1.66. The summed E-state index contributed by atoms with van der Waals surface area (Å²) in [6, 6.07) is 8.25. The lowest BCUT2D eigenvalue weighted by Gasteiger charge is -2.26. The Morgan fingerprint density at radius 2 is 1.90 bits per heavy atom. The number of urea groups is 1. The molecule has 0 aliphatic carbocycles. The van der Waals surface area contributed by atoms with E-state index in [1.807, 2.05) is 0 Å². The predicted octanol–water partition coefficient (Wildman–Crippen LogP) is 3.26. The third-order valence-electron chi connectivity index (χ3n) is 4.83. The number of nitrogens with zero attached hydrogens (tertiary/aromatic N) is 1. The van der Waals surface area contributed by atoms with Crippen LogP contribution < -0.4 is 16.0 Å². The first-order valence-corrected chi connectivity index (χ1v) is 10.3. The number of halogens is 3. The third-order valence-corrected chi connectivity index (χ3v) is 5.45. The molecule has 164 valence electrons. The van der Waals surface area contributed by atoms with E-state index in [1.54, 1.807) is 31.2 Å². The van der Waals surface area contributed by atoms with Gasteiger partial charge in [0, 0.05) is 30.2 Å². The number of carbonyl (C=O) groups is 3. The zero-order valence-corrected chi connectivity index (χ0v) is 18.2. The zero-order valence-electron chi connectivity index (χ0n) is 16.7. The monoisotopic (exact) mass is 466 g/mol. The molecule has 1 fully saturated rings. The molecule has 31 heavy (non-hydrogen) atoms. The standard InChI is InChI=1S/C21H21Cl2FN4O3/c1-12(15-8-18(24)17(23)9-16(15)22)27-21(31)26-10-13-2-4-14(5-3-13)20(30)28-7-6-25-19(29)11-28/h2-5,8-9,12H,6-7,10-11H2,1H3,(H,25,29)(H2,26,27,31). The molecule has 0 radical (unpaired) electrons. The second-order valence-corrected chi connectivity index (χ2v) is 7.92. The highest BCUT2D eigenvalue weighted by Crippen LogP contribution is 2.28. The molecule has 3 N–H and O–H groups in total. The van der Waals surface area contributed by atoms with Crippen molar-refractivity contribution in [2.75, 3.05) is 19.6 Å². The lowest BCUT2D eigenvalue weighted by molar-refractivity contribution is -0.123. The zero-order chi connectivity index (χ0) is 22.5. The molecule has 10 heteroatoms. The van der Waals surface area contributed by atoms with E-state index >= 15 is 0 Å². The number of rotatable bonds is 5. The van der Waals surface area contributed by atoms with E-state index in [9.17, 15) is 18.8 Å². The van der Waals surface area contributed by atoms with Crippen LogP contribution >= 0.6 is 23.2 Å². The number of nitrogens with one attached hydrogen (secondary N) is 3. The first-order chi connectivity index (χ1) is 14.7. The minimum atomic E-state index is -0.616. The first-order valence-electron chi connectivity index (χ1n) is 9.58. The van der Waals surface area contributed by atoms with Gasteiger partial charge in [0.1, 0.15) is 5.82 Å². The quantitative estimate of drug-likeness (QED) is 0.590. The van der Waals surface area contributed by atoms with E-state index in [1.165, 1.54) is 17.0 Å². The van der Waals surface area contributed by atoms with Gasteiger partial charge in [-0.05, 0) is 42.3 Å². The van der Waals surface area contributed by atoms with Crippen LogP contribution in [0.1, 0.15) is 34.5 Å². The van der Waals surface area contributed by atoms with Crippen LogP contribution in [0, 0.1) is 5.82 Å². The van der Waals surface area contributed by atoms with Gasteiger partial charge in [0.05, 0.1) is 17.6 Å². The molecule has 2 aromatic rings. The minimum Gasteiger partial charge on any atom is -0.353 e. The molecule has 1 aliphatic rings. The van der Waals surface area contributed by atoms with Crippen molar-refractivity contribution in [1.29, 1.82) is 0 Å². The summed E-state index contributed by atoms with van der Waals surface area (Å²) in [4.78, 5) is 37.6. The number of hydrogen-bond acceptors (Lipinski definition) is 3. The van der Waals surface area contributed by atoms with E-state index in [4.69, 9.17) is 23.2 Å². The Morgan fingerprint density at radius 3 is 2.58 bits per heavy atom. The van der Waals surface area contributed by atoms with Crippen molar-refractivity contribution in [3.05, 3.63) is 69.0 Å². The molecule has 0 spiro atoms. The summed E-state index contributed by atoms with van der Waals surface area (Å²) in [7, 11) is 0. The van der Waals surface area contributed by atoms with E-state index in [-0.39, 0.29) is 34.9 Å². The average molecular weight is 467 g/mol. The van der Waals surface area contributed by atoms with Crippen LogP contribution in [0.2, 0.25) is 10.0 Å². The maximum Gasteiger partial charge on any atom is 0.315 e. The van der Waals surface area contributed by atoms with Crippen LogP contribution in [0.4, 0.5) is 9.18 Å². The lowest BCUT2D eigenvalue weighted by Crippen LogP contribution is -2.49. The highest BCUT2D eigenvalue weighted by atomic mass is 35.5. The Kier molecular flexibility index (Phi) is 7.35.